The van der Waals surface area contributed by atoms with Crippen molar-refractivity contribution < 1.29 is 19.0 Å². The smallest absolute Gasteiger partial charge is 0.319 e. The lowest BCUT2D eigenvalue weighted by Gasteiger charge is -2.15. The second-order valence-corrected chi connectivity index (χ2v) is 14.9. The van der Waals surface area contributed by atoms with Crippen molar-refractivity contribution in [1.82, 2.24) is 14.5 Å². The van der Waals surface area contributed by atoms with Crippen molar-refractivity contribution in [2.75, 3.05) is 18.9 Å². The highest BCUT2D eigenvalue weighted by molar-refractivity contribution is 6.76. The van der Waals surface area contributed by atoms with Crippen LogP contribution >= 0.6 is 0 Å². The van der Waals surface area contributed by atoms with Crippen LogP contribution in [0.25, 0.3) is 11.0 Å². The molecule has 0 saturated carbocycles. The van der Waals surface area contributed by atoms with Gasteiger partial charge in [0.05, 0.1) is 12.8 Å². The number of nitrogen functional groups attached to an aromatic ring is 1. The Morgan fingerprint density at radius 2 is 1.85 bits per heavy atom. The number of hydrogen-bond donors (Lipinski definition) is 1. The zero-order valence-electron chi connectivity index (χ0n) is 20.0. The fourth-order valence-electron chi connectivity index (χ4n) is 3.15. The fourth-order valence-corrected chi connectivity index (χ4v) is 3.90. The van der Waals surface area contributed by atoms with Crippen molar-refractivity contribution in [1.29, 1.82) is 0 Å². The van der Waals surface area contributed by atoms with E-state index in [0.717, 1.165) is 30.7 Å². The molecule has 8 nitrogen and oxygen atoms in total. The van der Waals surface area contributed by atoms with Gasteiger partial charge in [0.1, 0.15) is 30.7 Å². The van der Waals surface area contributed by atoms with Crippen LogP contribution in [0.2, 0.25) is 25.7 Å². The fraction of sp³-hybridized carbons (Fsp3) is 0.458. The van der Waals surface area contributed by atoms with Crippen LogP contribution in [0, 0.1) is 0 Å². The van der Waals surface area contributed by atoms with Gasteiger partial charge in [-0.2, -0.15) is 9.97 Å². The minimum absolute atomic E-state index is 0.242. The predicted molar refractivity (Wildman–Crippen MR) is 133 cm³/mol. The summed E-state index contributed by atoms with van der Waals surface area (Å²) in [4.78, 5) is 19.8. The van der Waals surface area contributed by atoms with E-state index in [1.54, 1.807) is 12.1 Å². The average Bonchev–Trinajstić information content (AvgIpc) is 3.13. The lowest BCUT2D eigenvalue weighted by Crippen LogP contribution is -2.22. The third-order valence-electron chi connectivity index (χ3n) is 5.15. The second-order valence-electron chi connectivity index (χ2n) is 9.25. The minimum Gasteiger partial charge on any atom is -0.485 e. The average molecular weight is 471 g/mol. The third-order valence-corrected chi connectivity index (χ3v) is 6.85. The van der Waals surface area contributed by atoms with Crippen LogP contribution in [0.15, 0.2) is 30.5 Å². The van der Waals surface area contributed by atoms with Crippen LogP contribution < -0.4 is 15.2 Å². The van der Waals surface area contributed by atoms with E-state index in [-0.39, 0.29) is 6.01 Å². The van der Waals surface area contributed by atoms with Crippen LogP contribution in [-0.4, -0.2) is 42.1 Å². The third kappa shape index (κ3) is 7.03. The number of carbonyl (C=O) groups excluding carboxylic acids is 1. The Labute approximate surface area is 196 Å². The van der Waals surface area contributed by atoms with E-state index >= 15 is 0 Å². The van der Waals surface area contributed by atoms with Crippen LogP contribution in [0.1, 0.15) is 35.7 Å². The summed E-state index contributed by atoms with van der Waals surface area (Å²) >= 11 is 0. The van der Waals surface area contributed by atoms with Crippen molar-refractivity contribution in [3.05, 3.63) is 41.6 Å². The number of unbranched alkanes of at least 4 members (excludes halogenated alkanes) is 1. The van der Waals surface area contributed by atoms with Crippen molar-refractivity contribution >= 4 is 31.2 Å². The first-order valence-corrected chi connectivity index (χ1v) is 15.0. The van der Waals surface area contributed by atoms with Gasteiger partial charge in [-0.25, -0.2) is 0 Å². The number of ether oxygens (including phenoxy) is 3. The van der Waals surface area contributed by atoms with E-state index in [1.165, 1.54) is 0 Å². The van der Waals surface area contributed by atoms with Gasteiger partial charge in [-0.15, -0.1) is 0 Å². The Kier molecular flexibility index (Phi) is 8.46. The molecule has 2 aromatic heterocycles. The lowest BCUT2D eigenvalue weighted by atomic mass is 10.2. The molecule has 3 rings (SSSR count). The molecular formula is C24H34N4O4Si. The first kappa shape index (κ1) is 24.7. The molecule has 0 aliphatic heterocycles. The molecule has 0 atom stereocenters. The molecule has 0 unspecified atom stereocenters. The summed E-state index contributed by atoms with van der Waals surface area (Å²) in [6, 6.07) is 8.58. The molecule has 9 heteroatoms. The van der Waals surface area contributed by atoms with Gasteiger partial charge in [-0.05, 0) is 18.0 Å². The molecule has 0 aliphatic rings. The molecule has 2 heterocycles. The maximum atomic E-state index is 10.9. The van der Waals surface area contributed by atoms with Crippen molar-refractivity contribution in [3.63, 3.8) is 0 Å². The van der Waals surface area contributed by atoms with Gasteiger partial charge in [-0.1, -0.05) is 57.3 Å². The summed E-state index contributed by atoms with van der Waals surface area (Å²) in [5.41, 5.74) is 9.12. The Balaban J connectivity index is 1.83. The van der Waals surface area contributed by atoms with Crippen molar-refractivity contribution in [2.24, 2.45) is 0 Å². The summed E-state index contributed by atoms with van der Waals surface area (Å²) in [5, 5.41) is 0. The summed E-state index contributed by atoms with van der Waals surface area (Å²) in [6.07, 6.45) is 4.59. The van der Waals surface area contributed by atoms with Crippen LogP contribution in [-0.2, 0) is 18.1 Å². The second kappa shape index (κ2) is 11.3. The normalized spacial score (nSPS) is 11.6. The Morgan fingerprint density at radius 1 is 1.09 bits per heavy atom. The van der Waals surface area contributed by atoms with Gasteiger partial charge in [0.15, 0.2) is 11.6 Å². The highest BCUT2D eigenvalue weighted by atomic mass is 28.3. The van der Waals surface area contributed by atoms with Crippen molar-refractivity contribution in [3.8, 4) is 11.8 Å². The minimum atomic E-state index is -1.18. The number of fused-ring (bicyclic) bond motifs is 1. The largest absolute Gasteiger partial charge is 0.485 e. The van der Waals surface area contributed by atoms with Gasteiger partial charge in [0.25, 0.3) is 0 Å². The van der Waals surface area contributed by atoms with Gasteiger partial charge in [0, 0.05) is 20.2 Å². The van der Waals surface area contributed by atoms with Gasteiger partial charge in [0.2, 0.25) is 0 Å². The molecule has 0 fully saturated rings. The Hall–Kier alpha value is -2.91. The number of hydrogen-bond acceptors (Lipinski definition) is 7. The van der Waals surface area contributed by atoms with Crippen LogP contribution in [0.3, 0.4) is 0 Å². The number of nitrogens with zero attached hydrogens (tertiary/aromatic N) is 3. The number of rotatable bonds is 13. The Morgan fingerprint density at radius 3 is 2.52 bits per heavy atom. The number of nitrogens with two attached hydrogens (primary N) is 1. The summed E-state index contributed by atoms with van der Waals surface area (Å²) < 4.78 is 19.6. The number of carbonyl (C=O) groups is 1. The summed E-state index contributed by atoms with van der Waals surface area (Å²) in [5.74, 6) is 0.901. The molecule has 0 spiro atoms. The molecule has 0 aliphatic carbocycles. The quantitative estimate of drug-likeness (QED) is 0.215. The summed E-state index contributed by atoms with van der Waals surface area (Å²) in [7, 11) is -1.18. The van der Waals surface area contributed by atoms with E-state index in [9.17, 15) is 4.79 Å². The van der Waals surface area contributed by atoms with Gasteiger partial charge in [-0.3, -0.25) is 4.79 Å². The molecule has 0 saturated heterocycles. The molecule has 1 aromatic carbocycles. The topological polar surface area (TPSA) is 101 Å². The van der Waals surface area contributed by atoms with E-state index in [1.807, 2.05) is 22.9 Å². The van der Waals surface area contributed by atoms with Crippen molar-refractivity contribution in [2.45, 2.75) is 58.8 Å². The number of benzene rings is 1. The highest BCUT2D eigenvalue weighted by Crippen LogP contribution is 2.32. The maximum Gasteiger partial charge on any atom is 0.319 e. The van der Waals surface area contributed by atoms with E-state index in [4.69, 9.17) is 19.9 Å². The molecular weight excluding hydrogens is 436 g/mol. The van der Waals surface area contributed by atoms with Crippen LogP contribution in [0.4, 0.5) is 5.82 Å². The monoisotopic (exact) mass is 470 g/mol. The van der Waals surface area contributed by atoms with Crippen LogP contribution in [0.5, 0.6) is 11.8 Å². The van der Waals surface area contributed by atoms with E-state index < -0.39 is 8.07 Å². The van der Waals surface area contributed by atoms with Gasteiger partial charge >= 0.3 is 6.01 Å². The number of aromatic nitrogens is 3. The Bertz CT molecular complexity index is 1060. The molecule has 3 aromatic rings. The lowest BCUT2D eigenvalue weighted by molar-refractivity contribution is 0.0898. The molecule has 178 valence electrons. The molecule has 0 radical (unpaired) electrons. The van der Waals surface area contributed by atoms with Gasteiger partial charge < -0.3 is 24.5 Å². The molecule has 33 heavy (non-hydrogen) atoms. The number of aldehydes is 1. The molecule has 0 amide bonds. The zero-order chi connectivity index (χ0) is 23.8. The maximum absolute atomic E-state index is 10.9. The van der Waals surface area contributed by atoms with E-state index in [0.29, 0.717) is 54.7 Å². The SMILES string of the molecule is CCCCOc1nc(N)c2c(n1)c(OCc1ccc(C=O)cc1)cn2COCC[Si](C)(C)C. The highest BCUT2D eigenvalue weighted by Gasteiger charge is 2.18. The standard InChI is InChI=1S/C24H34N4O4Si/c1-5-6-11-31-24-26-21-20(32-16-19-9-7-18(15-29)8-10-19)14-28(22(21)23(25)27-24)17-30-12-13-33(2,3)4/h7-10,14-15H,5-6,11-13,16-17H2,1-4H3,(H2,25,26,27). The zero-order valence-corrected chi connectivity index (χ0v) is 21.0. The predicted octanol–water partition coefficient (Wildman–Crippen LogP) is 4.90. The molecule has 2 N–H and O–H groups in total. The first-order valence-electron chi connectivity index (χ1n) is 11.3. The summed E-state index contributed by atoms with van der Waals surface area (Å²) in [6.45, 7) is 10.9. The first-order chi connectivity index (χ1) is 15.8. The molecule has 0 bridgehead atoms. The van der Waals surface area contributed by atoms with E-state index in [2.05, 4.69) is 36.5 Å². The number of anilines is 1.